The molecule has 0 spiro atoms. The molecule has 1 aromatic heterocycles. The number of thiazole rings is 1. The number of aromatic nitrogens is 1. The van der Waals surface area contributed by atoms with Crippen molar-refractivity contribution in [2.75, 3.05) is 0 Å². The van der Waals surface area contributed by atoms with E-state index in [1.807, 2.05) is 6.92 Å². The first-order valence-electron chi connectivity index (χ1n) is 4.85. The number of aromatic hydroxyl groups is 1. The van der Waals surface area contributed by atoms with Crippen molar-refractivity contribution in [3.8, 4) is 17.0 Å². The molecule has 1 heterocycles. The number of carbonyl (C=O) groups is 1. The molecule has 82 valence electrons. The Bertz CT molecular complexity index is 528. The number of hydrogen-bond acceptors (Lipinski definition) is 4. The van der Waals surface area contributed by atoms with Gasteiger partial charge in [-0.05, 0) is 31.2 Å². The smallest absolute Gasteiger partial charge is 0.172 e. The zero-order valence-electron chi connectivity index (χ0n) is 9.02. The number of nitrogens with zero attached hydrogens (tertiary/aromatic N) is 1. The van der Waals surface area contributed by atoms with Gasteiger partial charge in [0, 0.05) is 12.5 Å². The van der Waals surface area contributed by atoms with Crippen molar-refractivity contribution in [1.82, 2.24) is 4.98 Å². The Morgan fingerprint density at radius 2 is 1.94 bits per heavy atom. The number of phenols is 1. The van der Waals surface area contributed by atoms with Gasteiger partial charge in [0.2, 0.25) is 0 Å². The van der Waals surface area contributed by atoms with E-state index in [0.717, 1.165) is 10.6 Å². The van der Waals surface area contributed by atoms with Crippen LogP contribution in [0.3, 0.4) is 0 Å². The lowest BCUT2D eigenvalue weighted by Crippen LogP contribution is -1.91. The third kappa shape index (κ3) is 1.97. The van der Waals surface area contributed by atoms with Gasteiger partial charge in [0.25, 0.3) is 0 Å². The van der Waals surface area contributed by atoms with E-state index in [0.29, 0.717) is 10.6 Å². The summed E-state index contributed by atoms with van der Waals surface area (Å²) in [7, 11) is 0. The van der Waals surface area contributed by atoms with Crippen molar-refractivity contribution in [3.05, 3.63) is 34.2 Å². The minimum Gasteiger partial charge on any atom is -0.508 e. The zero-order chi connectivity index (χ0) is 11.7. The van der Waals surface area contributed by atoms with Crippen LogP contribution in [0.25, 0.3) is 11.3 Å². The topological polar surface area (TPSA) is 50.2 Å². The Kier molecular flexibility index (Phi) is 2.75. The van der Waals surface area contributed by atoms with Gasteiger partial charge >= 0.3 is 0 Å². The molecule has 0 unspecified atom stereocenters. The van der Waals surface area contributed by atoms with E-state index in [4.69, 9.17) is 0 Å². The summed E-state index contributed by atoms with van der Waals surface area (Å²) < 4.78 is 0. The van der Waals surface area contributed by atoms with Crippen LogP contribution >= 0.6 is 11.3 Å². The highest BCUT2D eigenvalue weighted by Crippen LogP contribution is 2.29. The molecule has 0 bridgehead atoms. The average Bonchev–Trinajstić information content (AvgIpc) is 2.61. The maximum absolute atomic E-state index is 11.4. The van der Waals surface area contributed by atoms with Crippen LogP contribution in [-0.2, 0) is 0 Å². The molecule has 1 aromatic carbocycles. The van der Waals surface area contributed by atoms with Gasteiger partial charge in [-0.1, -0.05) is 0 Å². The highest BCUT2D eigenvalue weighted by molar-refractivity contribution is 7.14. The molecule has 0 aliphatic heterocycles. The van der Waals surface area contributed by atoms with Crippen molar-refractivity contribution in [2.45, 2.75) is 13.8 Å². The van der Waals surface area contributed by atoms with Crippen molar-refractivity contribution in [2.24, 2.45) is 0 Å². The van der Waals surface area contributed by atoms with Crippen molar-refractivity contribution >= 4 is 17.1 Å². The number of carbonyl (C=O) groups excluding carboxylic acids is 1. The minimum absolute atomic E-state index is 0.0219. The van der Waals surface area contributed by atoms with Crippen LogP contribution in [-0.4, -0.2) is 15.9 Å². The number of aryl methyl sites for hydroxylation is 1. The van der Waals surface area contributed by atoms with Gasteiger partial charge in [-0.25, -0.2) is 4.98 Å². The lowest BCUT2D eigenvalue weighted by molar-refractivity contribution is 0.102. The fourth-order valence-electron chi connectivity index (χ4n) is 1.48. The SMILES string of the molecule is CC(=O)c1sc(C)nc1-c1ccc(O)cc1. The van der Waals surface area contributed by atoms with E-state index in [-0.39, 0.29) is 11.5 Å². The summed E-state index contributed by atoms with van der Waals surface area (Å²) in [5, 5.41) is 10.1. The average molecular weight is 233 g/mol. The van der Waals surface area contributed by atoms with Gasteiger partial charge in [-0.15, -0.1) is 11.3 Å². The Labute approximate surface area is 97.4 Å². The van der Waals surface area contributed by atoms with Crippen molar-refractivity contribution in [1.29, 1.82) is 0 Å². The Morgan fingerprint density at radius 1 is 1.31 bits per heavy atom. The number of ketones is 1. The summed E-state index contributed by atoms with van der Waals surface area (Å²) in [5.74, 6) is 0.230. The molecule has 4 heteroatoms. The summed E-state index contributed by atoms with van der Waals surface area (Å²) in [6.45, 7) is 3.41. The maximum atomic E-state index is 11.4. The molecule has 0 radical (unpaired) electrons. The second-order valence-corrected chi connectivity index (χ2v) is 4.72. The van der Waals surface area contributed by atoms with Gasteiger partial charge in [0.15, 0.2) is 5.78 Å². The second-order valence-electron chi connectivity index (χ2n) is 3.51. The predicted octanol–water partition coefficient (Wildman–Crippen LogP) is 3.03. The first-order valence-corrected chi connectivity index (χ1v) is 5.67. The van der Waals surface area contributed by atoms with Gasteiger partial charge in [-0.2, -0.15) is 0 Å². The number of rotatable bonds is 2. The first kappa shape index (κ1) is 10.8. The molecule has 0 aliphatic carbocycles. The number of benzene rings is 1. The molecule has 1 N–H and O–H groups in total. The second kappa shape index (κ2) is 4.06. The molecule has 0 amide bonds. The van der Waals surface area contributed by atoms with Crippen LogP contribution in [0.2, 0.25) is 0 Å². The summed E-state index contributed by atoms with van der Waals surface area (Å²) in [5.41, 5.74) is 1.56. The van der Waals surface area contributed by atoms with Crippen molar-refractivity contribution < 1.29 is 9.90 Å². The molecule has 0 atom stereocenters. The van der Waals surface area contributed by atoms with Gasteiger partial charge in [0.1, 0.15) is 5.75 Å². The minimum atomic E-state index is 0.0219. The molecule has 3 nitrogen and oxygen atoms in total. The van der Waals surface area contributed by atoms with Gasteiger partial charge in [0.05, 0.1) is 15.6 Å². The predicted molar refractivity (Wildman–Crippen MR) is 64.0 cm³/mol. The third-order valence-electron chi connectivity index (χ3n) is 2.19. The van der Waals surface area contributed by atoms with Crippen LogP contribution in [0.15, 0.2) is 24.3 Å². The highest BCUT2D eigenvalue weighted by Gasteiger charge is 2.14. The molecular formula is C12H11NO2S. The number of hydrogen-bond donors (Lipinski definition) is 1. The summed E-state index contributed by atoms with van der Waals surface area (Å²) >= 11 is 1.40. The van der Waals surface area contributed by atoms with Crippen LogP contribution in [0.4, 0.5) is 0 Å². The molecule has 0 saturated carbocycles. The zero-order valence-corrected chi connectivity index (χ0v) is 9.84. The Morgan fingerprint density at radius 3 is 2.50 bits per heavy atom. The quantitative estimate of drug-likeness (QED) is 0.811. The van der Waals surface area contributed by atoms with Crippen molar-refractivity contribution in [3.63, 3.8) is 0 Å². The van der Waals surface area contributed by atoms with E-state index in [1.165, 1.54) is 18.3 Å². The standard InChI is InChI=1S/C12H11NO2S/c1-7(14)12-11(13-8(2)16-12)9-3-5-10(15)6-4-9/h3-6,15H,1-2H3. The summed E-state index contributed by atoms with van der Waals surface area (Å²) in [4.78, 5) is 16.5. The van der Waals surface area contributed by atoms with E-state index in [9.17, 15) is 9.90 Å². The molecule has 0 saturated heterocycles. The summed E-state index contributed by atoms with van der Waals surface area (Å²) in [6, 6.07) is 6.70. The van der Waals surface area contributed by atoms with Crippen LogP contribution in [0.5, 0.6) is 5.75 Å². The van der Waals surface area contributed by atoms with E-state index >= 15 is 0 Å². The molecule has 0 aliphatic rings. The fourth-order valence-corrected chi connectivity index (χ4v) is 2.32. The monoisotopic (exact) mass is 233 g/mol. The third-order valence-corrected chi connectivity index (χ3v) is 3.27. The molecule has 16 heavy (non-hydrogen) atoms. The van der Waals surface area contributed by atoms with E-state index < -0.39 is 0 Å². The van der Waals surface area contributed by atoms with Crippen LogP contribution < -0.4 is 0 Å². The Hall–Kier alpha value is -1.68. The normalized spacial score (nSPS) is 10.4. The largest absolute Gasteiger partial charge is 0.508 e. The van der Waals surface area contributed by atoms with E-state index in [2.05, 4.69) is 4.98 Å². The fraction of sp³-hybridized carbons (Fsp3) is 0.167. The highest BCUT2D eigenvalue weighted by atomic mass is 32.1. The molecule has 2 rings (SSSR count). The van der Waals surface area contributed by atoms with Gasteiger partial charge < -0.3 is 5.11 Å². The number of phenolic OH excluding ortho intramolecular Hbond substituents is 1. The lowest BCUT2D eigenvalue weighted by Gasteiger charge is -1.99. The molecule has 2 aromatic rings. The lowest BCUT2D eigenvalue weighted by atomic mass is 10.1. The van der Waals surface area contributed by atoms with Crippen LogP contribution in [0.1, 0.15) is 21.6 Å². The maximum Gasteiger partial charge on any atom is 0.172 e. The molecular weight excluding hydrogens is 222 g/mol. The Balaban J connectivity index is 2.55. The van der Waals surface area contributed by atoms with Gasteiger partial charge in [-0.3, -0.25) is 4.79 Å². The first-order chi connectivity index (χ1) is 7.58. The summed E-state index contributed by atoms with van der Waals surface area (Å²) in [6.07, 6.45) is 0. The molecule has 0 fully saturated rings. The van der Waals surface area contributed by atoms with Crippen LogP contribution in [0, 0.1) is 6.92 Å². The van der Waals surface area contributed by atoms with E-state index in [1.54, 1.807) is 24.3 Å². The number of Topliss-reactive ketones (excluding diaryl/α,β-unsaturated/α-hetero) is 1.